The fourth-order valence-corrected chi connectivity index (χ4v) is 3.31. The second kappa shape index (κ2) is 7.66. The second-order valence-electron chi connectivity index (χ2n) is 6.24. The summed E-state index contributed by atoms with van der Waals surface area (Å²) >= 11 is 0. The fraction of sp³-hybridized carbons (Fsp3) is 0.556. The highest BCUT2D eigenvalue weighted by Gasteiger charge is 2.31. The van der Waals surface area contributed by atoms with Gasteiger partial charge in [-0.05, 0) is 31.0 Å². The van der Waals surface area contributed by atoms with Crippen LogP contribution in [-0.2, 0) is 9.53 Å². The standard InChI is InChI=1S/C18H24N2O4/c1-23-16-4-2-3-15(13-16)18(22)19-7-5-14(6-8-19)17(21)20-9-11-24-12-10-20/h2-4,13-14H,5-12H2,1H3. The van der Waals surface area contributed by atoms with Crippen LogP contribution in [0.5, 0.6) is 5.75 Å². The zero-order valence-electron chi connectivity index (χ0n) is 14.1. The van der Waals surface area contributed by atoms with E-state index in [2.05, 4.69) is 0 Å². The van der Waals surface area contributed by atoms with Crippen LogP contribution in [0.3, 0.4) is 0 Å². The molecule has 0 spiro atoms. The number of benzene rings is 1. The molecule has 1 aromatic carbocycles. The van der Waals surface area contributed by atoms with Gasteiger partial charge in [-0.15, -0.1) is 0 Å². The van der Waals surface area contributed by atoms with Gasteiger partial charge in [-0.25, -0.2) is 0 Å². The van der Waals surface area contributed by atoms with E-state index in [0.717, 1.165) is 12.8 Å². The number of nitrogens with zero attached hydrogens (tertiary/aromatic N) is 2. The first-order valence-electron chi connectivity index (χ1n) is 8.49. The number of carbonyl (C=O) groups excluding carboxylic acids is 2. The largest absolute Gasteiger partial charge is 0.497 e. The summed E-state index contributed by atoms with van der Waals surface area (Å²) in [7, 11) is 1.59. The molecule has 0 atom stereocenters. The van der Waals surface area contributed by atoms with Gasteiger partial charge in [0.15, 0.2) is 0 Å². The Morgan fingerprint density at radius 3 is 2.46 bits per heavy atom. The highest BCUT2D eigenvalue weighted by atomic mass is 16.5. The summed E-state index contributed by atoms with van der Waals surface area (Å²) in [6.07, 6.45) is 1.46. The smallest absolute Gasteiger partial charge is 0.253 e. The van der Waals surface area contributed by atoms with E-state index in [0.29, 0.717) is 50.7 Å². The number of carbonyl (C=O) groups is 2. The maximum Gasteiger partial charge on any atom is 0.253 e. The molecule has 24 heavy (non-hydrogen) atoms. The van der Waals surface area contributed by atoms with Gasteiger partial charge < -0.3 is 19.3 Å². The third kappa shape index (κ3) is 3.70. The van der Waals surface area contributed by atoms with Crippen molar-refractivity contribution in [1.29, 1.82) is 0 Å². The number of piperidine rings is 1. The molecule has 1 aromatic rings. The SMILES string of the molecule is COc1cccc(C(=O)N2CCC(C(=O)N3CCOCC3)CC2)c1. The van der Waals surface area contributed by atoms with Crippen molar-refractivity contribution in [2.24, 2.45) is 5.92 Å². The van der Waals surface area contributed by atoms with Gasteiger partial charge in [0, 0.05) is 37.7 Å². The number of methoxy groups -OCH3 is 1. The van der Waals surface area contributed by atoms with Crippen molar-refractivity contribution in [3.05, 3.63) is 29.8 Å². The van der Waals surface area contributed by atoms with Gasteiger partial charge in [0.2, 0.25) is 5.91 Å². The van der Waals surface area contributed by atoms with Gasteiger partial charge in [-0.1, -0.05) is 6.07 Å². The lowest BCUT2D eigenvalue weighted by atomic mass is 9.94. The molecule has 2 amide bonds. The molecular weight excluding hydrogens is 308 g/mol. The number of ether oxygens (including phenoxy) is 2. The summed E-state index contributed by atoms with van der Waals surface area (Å²) in [6, 6.07) is 7.20. The molecule has 0 unspecified atom stereocenters. The lowest BCUT2D eigenvalue weighted by molar-refractivity contribution is -0.141. The van der Waals surface area contributed by atoms with Crippen molar-refractivity contribution < 1.29 is 19.1 Å². The first-order chi connectivity index (χ1) is 11.7. The summed E-state index contributed by atoms with van der Waals surface area (Å²) in [4.78, 5) is 28.9. The van der Waals surface area contributed by atoms with Crippen LogP contribution >= 0.6 is 0 Å². The molecule has 0 aromatic heterocycles. The van der Waals surface area contributed by atoms with Crippen molar-refractivity contribution in [2.75, 3.05) is 46.5 Å². The van der Waals surface area contributed by atoms with Gasteiger partial charge in [0.25, 0.3) is 5.91 Å². The van der Waals surface area contributed by atoms with E-state index in [1.807, 2.05) is 21.9 Å². The van der Waals surface area contributed by atoms with Gasteiger partial charge in [0.05, 0.1) is 20.3 Å². The summed E-state index contributed by atoms with van der Waals surface area (Å²) in [5, 5.41) is 0. The second-order valence-corrected chi connectivity index (χ2v) is 6.24. The Hall–Kier alpha value is -2.08. The Bertz CT molecular complexity index is 590. The average molecular weight is 332 g/mol. The van der Waals surface area contributed by atoms with Crippen LogP contribution in [0.25, 0.3) is 0 Å². The van der Waals surface area contributed by atoms with Crippen LogP contribution in [0, 0.1) is 5.92 Å². The van der Waals surface area contributed by atoms with Crippen molar-refractivity contribution in [3.8, 4) is 5.75 Å². The van der Waals surface area contributed by atoms with Crippen LogP contribution in [0.1, 0.15) is 23.2 Å². The molecule has 0 saturated carbocycles. The Morgan fingerprint density at radius 1 is 1.08 bits per heavy atom. The Morgan fingerprint density at radius 2 is 1.79 bits per heavy atom. The minimum atomic E-state index is 0.00571. The third-order valence-electron chi connectivity index (χ3n) is 4.77. The number of morpholine rings is 1. The summed E-state index contributed by atoms with van der Waals surface area (Å²) in [6.45, 7) is 3.86. The van der Waals surface area contributed by atoms with E-state index < -0.39 is 0 Å². The molecule has 0 radical (unpaired) electrons. The molecular formula is C18H24N2O4. The zero-order valence-corrected chi connectivity index (χ0v) is 14.1. The topological polar surface area (TPSA) is 59.1 Å². The van der Waals surface area contributed by atoms with Crippen molar-refractivity contribution >= 4 is 11.8 Å². The molecule has 0 N–H and O–H groups in total. The average Bonchev–Trinajstić information content (AvgIpc) is 2.67. The van der Waals surface area contributed by atoms with E-state index in [1.54, 1.807) is 19.2 Å². The van der Waals surface area contributed by atoms with Gasteiger partial charge in [-0.2, -0.15) is 0 Å². The van der Waals surface area contributed by atoms with Crippen molar-refractivity contribution in [3.63, 3.8) is 0 Å². The molecule has 0 aliphatic carbocycles. The number of likely N-dealkylation sites (tertiary alicyclic amines) is 1. The third-order valence-corrected chi connectivity index (χ3v) is 4.77. The Kier molecular flexibility index (Phi) is 5.35. The van der Waals surface area contributed by atoms with Crippen LogP contribution in [-0.4, -0.2) is 68.1 Å². The monoisotopic (exact) mass is 332 g/mol. The van der Waals surface area contributed by atoms with E-state index in [9.17, 15) is 9.59 Å². The molecule has 0 bridgehead atoms. The highest BCUT2D eigenvalue weighted by Crippen LogP contribution is 2.22. The lowest BCUT2D eigenvalue weighted by Crippen LogP contribution is -2.47. The number of hydrogen-bond acceptors (Lipinski definition) is 4. The van der Waals surface area contributed by atoms with Gasteiger partial charge in [0.1, 0.15) is 5.75 Å². The van der Waals surface area contributed by atoms with Crippen LogP contribution < -0.4 is 4.74 Å². The molecule has 2 fully saturated rings. The predicted octanol–water partition coefficient (Wildman–Crippen LogP) is 1.41. The first kappa shape index (κ1) is 16.8. The normalized spacial score (nSPS) is 19.2. The lowest BCUT2D eigenvalue weighted by Gasteiger charge is -2.35. The first-order valence-corrected chi connectivity index (χ1v) is 8.49. The Labute approximate surface area is 142 Å². The maximum atomic E-state index is 12.6. The van der Waals surface area contributed by atoms with Crippen LogP contribution in [0.4, 0.5) is 0 Å². The number of rotatable bonds is 3. The van der Waals surface area contributed by atoms with E-state index in [-0.39, 0.29) is 17.7 Å². The predicted molar refractivity (Wildman–Crippen MR) is 89.0 cm³/mol. The van der Waals surface area contributed by atoms with E-state index in [4.69, 9.17) is 9.47 Å². The van der Waals surface area contributed by atoms with Crippen LogP contribution in [0.2, 0.25) is 0 Å². The highest BCUT2D eigenvalue weighted by molar-refractivity contribution is 5.94. The Balaban J connectivity index is 1.56. The number of hydrogen-bond donors (Lipinski definition) is 0. The fourth-order valence-electron chi connectivity index (χ4n) is 3.31. The molecule has 2 aliphatic heterocycles. The summed E-state index contributed by atoms with van der Waals surface area (Å²) in [5.74, 6) is 0.925. The molecule has 6 nitrogen and oxygen atoms in total. The molecule has 3 rings (SSSR count). The minimum Gasteiger partial charge on any atom is -0.497 e. The summed E-state index contributed by atoms with van der Waals surface area (Å²) < 4.78 is 10.5. The zero-order chi connectivity index (χ0) is 16.9. The maximum absolute atomic E-state index is 12.6. The van der Waals surface area contributed by atoms with Crippen molar-refractivity contribution in [1.82, 2.24) is 9.80 Å². The van der Waals surface area contributed by atoms with Crippen LogP contribution in [0.15, 0.2) is 24.3 Å². The van der Waals surface area contributed by atoms with E-state index >= 15 is 0 Å². The summed E-state index contributed by atoms with van der Waals surface area (Å²) in [5.41, 5.74) is 0.632. The number of amides is 2. The molecule has 130 valence electrons. The molecule has 2 saturated heterocycles. The molecule has 6 heteroatoms. The minimum absolute atomic E-state index is 0.00571. The van der Waals surface area contributed by atoms with Gasteiger partial charge >= 0.3 is 0 Å². The molecule has 2 heterocycles. The van der Waals surface area contributed by atoms with Gasteiger partial charge in [-0.3, -0.25) is 9.59 Å². The van der Waals surface area contributed by atoms with E-state index in [1.165, 1.54) is 0 Å². The van der Waals surface area contributed by atoms with Crippen molar-refractivity contribution in [2.45, 2.75) is 12.8 Å². The molecule has 2 aliphatic rings. The quantitative estimate of drug-likeness (QED) is 0.840.